The van der Waals surface area contributed by atoms with Crippen LogP contribution in [0.4, 0.5) is 0 Å². The summed E-state index contributed by atoms with van der Waals surface area (Å²) in [6, 6.07) is 11.5. The maximum absolute atomic E-state index is 13.3. The summed E-state index contributed by atoms with van der Waals surface area (Å²) in [6.07, 6.45) is 13.8. The lowest BCUT2D eigenvalue weighted by Gasteiger charge is -2.44. The van der Waals surface area contributed by atoms with Crippen molar-refractivity contribution in [3.05, 3.63) is 72.1 Å². The summed E-state index contributed by atoms with van der Waals surface area (Å²) in [5.74, 6) is 0.736. The van der Waals surface area contributed by atoms with Gasteiger partial charge in [0.15, 0.2) is 0 Å². The highest BCUT2D eigenvalue weighted by Gasteiger charge is 2.37. The van der Waals surface area contributed by atoms with E-state index in [2.05, 4.69) is 17.1 Å². The van der Waals surface area contributed by atoms with E-state index in [4.69, 9.17) is 4.74 Å². The Morgan fingerprint density at radius 1 is 1.15 bits per heavy atom. The summed E-state index contributed by atoms with van der Waals surface area (Å²) in [6.45, 7) is 2.10. The van der Waals surface area contributed by atoms with E-state index in [-0.39, 0.29) is 11.3 Å². The largest absolute Gasteiger partial charge is 0.488 e. The van der Waals surface area contributed by atoms with Gasteiger partial charge in [-0.1, -0.05) is 30.4 Å². The molecule has 1 aromatic carbocycles. The van der Waals surface area contributed by atoms with Crippen molar-refractivity contribution in [2.45, 2.75) is 38.7 Å². The highest BCUT2D eigenvalue weighted by Crippen LogP contribution is 2.41. The van der Waals surface area contributed by atoms with E-state index >= 15 is 0 Å². The normalized spacial score (nSPS) is 22.0. The molecule has 2 heterocycles. The minimum Gasteiger partial charge on any atom is -0.488 e. The zero-order valence-corrected chi connectivity index (χ0v) is 15.6. The third-order valence-electron chi connectivity index (χ3n) is 5.74. The summed E-state index contributed by atoms with van der Waals surface area (Å²) in [4.78, 5) is 19.4. The summed E-state index contributed by atoms with van der Waals surface area (Å²) in [5, 5.41) is 0. The predicted molar refractivity (Wildman–Crippen MR) is 106 cm³/mol. The quantitative estimate of drug-likeness (QED) is 0.745. The van der Waals surface area contributed by atoms with Crippen LogP contribution in [-0.2, 0) is 6.61 Å². The fourth-order valence-electron chi connectivity index (χ4n) is 4.28. The third kappa shape index (κ3) is 4.05. The number of rotatable bonds is 4. The number of nitrogens with zero attached hydrogens (tertiary/aromatic N) is 2. The van der Waals surface area contributed by atoms with E-state index in [0.29, 0.717) is 17.9 Å². The van der Waals surface area contributed by atoms with Crippen LogP contribution in [0.1, 0.15) is 48.0 Å². The van der Waals surface area contributed by atoms with Gasteiger partial charge in [-0.2, -0.15) is 0 Å². The van der Waals surface area contributed by atoms with Crippen molar-refractivity contribution in [1.82, 2.24) is 9.88 Å². The lowest BCUT2D eigenvalue weighted by atomic mass is 9.71. The second-order valence-electron chi connectivity index (χ2n) is 7.69. The summed E-state index contributed by atoms with van der Waals surface area (Å²) >= 11 is 0. The predicted octanol–water partition coefficient (Wildman–Crippen LogP) is 4.62. The zero-order chi connectivity index (χ0) is 18.5. The standard InChI is InChI=1S/C23H26N2O2/c26-22(25-15-7-13-23(18-25)11-4-1-5-12-23)20-9-2-3-10-21(20)27-17-19-8-6-14-24-16-19/h1-4,6,8-10,14,16H,5,7,11-13,15,17-18H2. The molecule has 4 nitrogen and oxygen atoms in total. The lowest BCUT2D eigenvalue weighted by molar-refractivity contribution is 0.0480. The van der Waals surface area contributed by atoms with Crippen LogP contribution < -0.4 is 4.74 Å². The van der Waals surface area contributed by atoms with Crippen molar-refractivity contribution in [2.75, 3.05) is 13.1 Å². The molecule has 1 amide bonds. The first-order valence-electron chi connectivity index (χ1n) is 9.81. The Balaban J connectivity index is 1.49. The molecular formula is C23H26N2O2. The van der Waals surface area contributed by atoms with Gasteiger partial charge in [-0.05, 0) is 55.7 Å². The Hall–Kier alpha value is -2.62. The van der Waals surface area contributed by atoms with Crippen LogP contribution in [0, 0.1) is 5.41 Å². The molecule has 1 spiro atoms. The Bertz CT molecular complexity index is 818. The van der Waals surface area contributed by atoms with Crippen molar-refractivity contribution >= 4 is 5.91 Å². The van der Waals surface area contributed by atoms with Gasteiger partial charge in [0, 0.05) is 31.0 Å². The van der Waals surface area contributed by atoms with Crippen LogP contribution >= 0.6 is 0 Å². The minimum atomic E-state index is 0.0883. The first-order valence-corrected chi connectivity index (χ1v) is 9.81. The molecule has 1 fully saturated rings. The number of pyridine rings is 1. The highest BCUT2D eigenvalue weighted by atomic mass is 16.5. The van der Waals surface area contributed by atoms with Gasteiger partial charge in [-0.15, -0.1) is 0 Å². The number of para-hydroxylation sites is 1. The number of amides is 1. The maximum atomic E-state index is 13.3. The van der Waals surface area contributed by atoms with E-state index < -0.39 is 0 Å². The molecule has 1 aromatic heterocycles. The molecule has 4 rings (SSSR count). The average molecular weight is 362 g/mol. The van der Waals surface area contributed by atoms with E-state index in [1.165, 1.54) is 12.8 Å². The van der Waals surface area contributed by atoms with Crippen molar-refractivity contribution in [1.29, 1.82) is 0 Å². The molecule has 4 heteroatoms. The molecular weight excluding hydrogens is 336 g/mol. The molecule has 1 unspecified atom stereocenters. The van der Waals surface area contributed by atoms with Gasteiger partial charge in [0.1, 0.15) is 12.4 Å². The van der Waals surface area contributed by atoms with Gasteiger partial charge in [0.2, 0.25) is 0 Å². The smallest absolute Gasteiger partial charge is 0.257 e. The number of carbonyl (C=O) groups is 1. The van der Waals surface area contributed by atoms with Crippen molar-refractivity contribution in [2.24, 2.45) is 5.41 Å². The lowest BCUT2D eigenvalue weighted by Crippen LogP contribution is -2.46. The Labute approximate surface area is 160 Å². The minimum absolute atomic E-state index is 0.0883. The highest BCUT2D eigenvalue weighted by molar-refractivity contribution is 5.97. The summed E-state index contributed by atoms with van der Waals surface area (Å²) < 4.78 is 5.97. The molecule has 0 N–H and O–H groups in total. The molecule has 1 aliphatic heterocycles. The second-order valence-corrected chi connectivity index (χ2v) is 7.69. The molecule has 1 aliphatic carbocycles. The molecule has 2 aliphatic rings. The second kappa shape index (κ2) is 7.95. The van der Waals surface area contributed by atoms with Crippen LogP contribution in [0.5, 0.6) is 5.75 Å². The number of carbonyl (C=O) groups excluding carboxylic acids is 1. The van der Waals surface area contributed by atoms with Gasteiger partial charge in [-0.3, -0.25) is 9.78 Å². The maximum Gasteiger partial charge on any atom is 0.257 e. The van der Waals surface area contributed by atoms with E-state index in [1.807, 2.05) is 41.3 Å². The molecule has 1 atom stereocenters. The number of benzene rings is 1. The SMILES string of the molecule is O=C(c1ccccc1OCc1cccnc1)N1CCCC2(CC=CCC2)C1. The molecule has 1 saturated heterocycles. The number of allylic oxidation sites excluding steroid dienone is 2. The summed E-state index contributed by atoms with van der Waals surface area (Å²) in [5.41, 5.74) is 1.92. The number of aromatic nitrogens is 1. The topological polar surface area (TPSA) is 42.4 Å². The first kappa shape index (κ1) is 17.8. The summed E-state index contributed by atoms with van der Waals surface area (Å²) in [7, 11) is 0. The number of hydrogen-bond donors (Lipinski definition) is 0. The van der Waals surface area contributed by atoms with Crippen LogP contribution in [0.3, 0.4) is 0 Å². The fraction of sp³-hybridized carbons (Fsp3) is 0.391. The van der Waals surface area contributed by atoms with Crippen LogP contribution in [0.2, 0.25) is 0 Å². The van der Waals surface area contributed by atoms with Crippen LogP contribution in [0.25, 0.3) is 0 Å². The molecule has 0 saturated carbocycles. The average Bonchev–Trinajstić information content (AvgIpc) is 2.73. The number of ether oxygens (including phenoxy) is 1. The van der Waals surface area contributed by atoms with Gasteiger partial charge in [0.25, 0.3) is 5.91 Å². The molecule has 0 radical (unpaired) electrons. The third-order valence-corrected chi connectivity index (χ3v) is 5.74. The number of piperidine rings is 1. The molecule has 27 heavy (non-hydrogen) atoms. The van der Waals surface area contributed by atoms with Crippen molar-refractivity contribution < 1.29 is 9.53 Å². The van der Waals surface area contributed by atoms with E-state index in [1.54, 1.807) is 12.4 Å². The van der Waals surface area contributed by atoms with Crippen LogP contribution in [0.15, 0.2) is 60.9 Å². The van der Waals surface area contributed by atoms with Gasteiger partial charge in [-0.25, -0.2) is 0 Å². The number of hydrogen-bond acceptors (Lipinski definition) is 3. The van der Waals surface area contributed by atoms with Gasteiger partial charge < -0.3 is 9.64 Å². The van der Waals surface area contributed by atoms with Crippen molar-refractivity contribution in [3.8, 4) is 5.75 Å². The first-order chi connectivity index (χ1) is 13.3. The fourth-order valence-corrected chi connectivity index (χ4v) is 4.28. The van der Waals surface area contributed by atoms with Crippen molar-refractivity contribution in [3.63, 3.8) is 0 Å². The Morgan fingerprint density at radius 2 is 2.07 bits per heavy atom. The van der Waals surface area contributed by atoms with Gasteiger partial charge >= 0.3 is 0 Å². The number of likely N-dealkylation sites (tertiary alicyclic amines) is 1. The molecule has 140 valence electrons. The molecule has 0 bridgehead atoms. The van der Waals surface area contributed by atoms with Gasteiger partial charge in [0.05, 0.1) is 5.56 Å². The van der Waals surface area contributed by atoms with E-state index in [9.17, 15) is 4.79 Å². The van der Waals surface area contributed by atoms with Crippen LogP contribution in [-0.4, -0.2) is 28.9 Å². The monoisotopic (exact) mass is 362 g/mol. The molecule has 2 aromatic rings. The Kier molecular flexibility index (Phi) is 5.23. The van der Waals surface area contributed by atoms with E-state index in [0.717, 1.165) is 37.9 Å². The Morgan fingerprint density at radius 3 is 2.89 bits per heavy atom. The zero-order valence-electron chi connectivity index (χ0n) is 15.6.